The highest BCUT2D eigenvalue weighted by molar-refractivity contribution is 5.89. The molecule has 1 aromatic rings. The van der Waals surface area contributed by atoms with Gasteiger partial charge in [-0.3, -0.25) is 0 Å². The third-order valence-corrected chi connectivity index (χ3v) is 6.41. The number of hydrogen-bond donors (Lipinski definition) is 0. The summed E-state index contributed by atoms with van der Waals surface area (Å²) in [5, 5.41) is 0. The second-order valence-electron chi connectivity index (χ2n) is 7.83. The van der Waals surface area contributed by atoms with Crippen molar-refractivity contribution in [1.29, 1.82) is 0 Å². The summed E-state index contributed by atoms with van der Waals surface area (Å²) in [5.41, 5.74) is 1.92. The van der Waals surface area contributed by atoms with E-state index in [4.69, 9.17) is 9.47 Å². The maximum Gasteiger partial charge on any atom is 0.338 e. The van der Waals surface area contributed by atoms with Gasteiger partial charge in [0.05, 0.1) is 18.3 Å². The molecule has 3 nitrogen and oxygen atoms in total. The maximum absolute atomic E-state index is 12.4. The average Bonchev–Trinajstić information content (AvgIpc) is 2.61. The number of ether oxygens (including phenoxy) is 2. The van der Waals surface area contributed by atoms with Crippen molar-refractivity contribution in [2.24, 2.45) is 23.2 Å². The van der Waals surface area contributed by atoms with Gasteiger partial charge in [-0.15, -0.1) is 0 Å². The Bertz CT molecular complexity index is 636. The number of allylic oxidation sites excluding steroid dienone is 1. The van der Waals surface area contributed by atoms with Crippen molar-refractivity contribution in [1.82, 2.24) is 0 Å². The number of fused-ring (bicyclic) bond motifs is 2. The predicted octanol–water partition coefficient (Wildman–Crippen LogP) is 4.88. The van der Waals surface area contributed by atoms with E-state index in [0.29, 0.717) is 42.6 Å². The molecule has 1 aromatic carbocycles. The van der Waals surface area contributed by atoms with E-state index in [0.717, 1.165) is 12.8 Å². The van der Waals surface area contributed by atoms with Crippen molar-refractivity contribution in [3.05, 3.63) is 47.5 Å². The lowest BCUT2D eigenvalue weighted by atomic mass is 9.56. The fourth-order valence-corrected chi connectivity index (χ4v) is 4.79. The van der Waals surface area contributed by atoms with Crippen LogP contribution in [0.1, 0.15) is 50.9 Å². The molecule has 3 rings (SSSR count). The summed E-state index contributed by atoms with van der Waals surface area (Å²) in [5.74, 6) is 0.972. The van der Waals surface area contributed by atoms with Crippen LogP contribution < -0.4 is 0 Å². The quantitative estimate of drug-likeness (QED) is 0.565. The van der Waals surface area contributed by atoms with Gasteiger partial charge in [-0.2, -0.15) is 0 Å². The molecule has 3 heteroatoms. The Balaban J connectivity index is 1.79. The Labute approximate surface area is 151 Å². The molecule has 0 saturated carbocycles. The van der Waals surface area contributed by atoms with E-state index in [2.05, 4.69) is 33.8 Å². The highest BCUT2D eigenvalue weighted by Crippen LogP contribution is 2.53. The average molecular weight is 342 g/mol. The van der Waals surface area contributed by atoms with E-state index in [1.807, 2.05) is 18.2 Å². The van der Waals surface area contributed by atoms with Gasteiger partial charge in [0.25, 0.3) is 0 Å². The first-order chi connectivity index (χ1) is 12.0. The van der Waals surface area contributed by atoms with E-state index in [-0.39, 0.29) is 11.4 Å². The van der Waals surface area contributed by atoms with Crippen LogP contribution in [-0.2, 0) is 9.47 Å². The molecule has 2 aliphatic rings. The van der Waals surface area contributed by atoms with Crippen molar-refractivity contribution < 1.29 is 14.3 Å². The lowest BCUT2D eigenvalue weighted by Crippen LogP contribution is -2.56. The molecule has 1 fully saturated rings. The summed E-state index contributed by atoms with van der Waals surface area (Å²) in [6.45, 7) is 10.1. The molecule has 0 spiro atoms. The zero-order valence-corrected chi connectivity index (χ0v) is 15.8. The van der Waals surface area contributed by atoms with Crippen LogP contribution in [0, 0.1) is 23.2 Å². The first kappa shape index (κ1) is 18.2. The number of benzene rings is 1. The minimum atomic E-state index is -0.243. The fraction of sp³-hybridized carbons (Fsp3) is 0.591. The van der Waals surface area contributed by atoms with E-state index < -0.39 is 0 Å². The zero-order valence-electron chi connectivity index (χ0n) is 15.8. The largest absolute Gasteiger partial charge is 0.461 e. The van der Waals surface area contributed by atoms with Crippen molar-refractivity contribution in [2.75, 3.05) is 13.2 Å². The van der Waals surface area contributed by atoms with E-state index in [9.17, 15) is 4.79 Å². The number of rotatable bonds is 5. The molecule has 0 amide bonds. The van der Waals surface area contributed by atoms with Gasteiger partial charge in [-0.1, -0.05) is 57.0 Å². The van der Waals surface area contributed by atoms with Crippen molar-refractivity contribution in [2.45, 2.75) is 46.6 Å². The molecular weight excluding hydrogens is 312 g/mol. The van der Waals surface area contributed by atoms with E-state index in [1.165, 1.54) is 5.57 Å². The smallest absolute Gasteiger partial charge is 0.338 e. The minimum Gasteiger partial charge on any atom is -0.461 e. The molecule has 1 heterocycles. The summed E-state index contributed by atoms with van der Waals surface area (Å²) in [7, 11) is 0. The van der Waals surface area contributed by atoms with Gasteiger partial charge >= 0.3 is 5.97 Å². The SMILES string of the molecule is CCC[C@H]1OC[C@@]2(COC(=O)c3ccccc3)[C@@H](C)C=C(C)[C@H]1[C@@H]2C. The Morgan fingerprint density at radius 3 is 2.68 bits per heavy atom. The first-order valence-corrected chi connectivity index (χ1v) is 9.51. The number of carbonyl (C=O) groups is 1. The number of hydrogen-bond acceptors (Lipinski definition) is 3. The fourth-order valence-electron chi connectivity index (χ4n) is 4.79. The molecule has 1 aliphatic carbocycles. The van der Waals surface area contributed by atoms with Gasteiger partial charge in [-0.25, -0.2) is 4.79 Å². The molecule has 5 atom stereocenters. The van der Waals surface area contributed by atoms with Crippen LogP contribution in [0.3, 0.4) is 0 Å². The summed E-state index contributed by atoms with van der Waals surface area (Å²) >= 11 is 0. The predicted molar refractivity (Wildman–Crippen MR) is 99.4 cm³/mol. The second-order valence-corrected chi connectivity index (χ2v) is 7.83. The van der Waals surface area contributed by atoms with Crippen LogP contribution in [0.2, 0.25) is 0 Å². The second kappa shape index (κ2) is 7.33. The van der Waals surface area contributed by atoms with Gasteiger partial charge in [0.1, 0.15) is 6.61 Å². The van der Waals surface area contributed by atoms with Gasteiger partial charge in [0, 0.05) is 11.3 Å². The molecule has 25 heavy (non-hydrogen) atoms. The Kier molecular flexibility index (Phi) is 5.33. The molecule has 0 radical (unpaired) electrons. The van der Waals surface area contributed by atoms with Crippen LogP contribution in [0.25, 0.3) is 0 Å². The van der Waals surface area contributed by atoms with Gasteiger partial charge < -0.3 is 9.47 Å². The summed E-state index contributed by atoms with van der Waals surface area (Å²) in [6.07, 6.45) is 4.90. The van der Waals surface area contributed by atoms with E-state index >= 15 is 0 Å². The molecule has 0 unspecified atom stereocenters. The summed E-state index contributed by atoms with van der Waals surface area (Å²) in [4.78, 5) is 12.4. The number of esters is 1. The Hall–Kier alpha value is -1.61. The summed E-state index contributed by atoms with van der Waals surface area (Å²) in [6, 6.07) is 9.23. The number of carbonyl (C=O) groups excluding carboxylic acids is 1. The first-order valence-electron chi connectivity index (χ1n) is 9.51. The highest BCUT2D eigenvalue weighted by atomic mass is 16.5. The molecule has 1 saturated heterocycles. The van der Waals surface area contributed by atoms with E-state index in [1.54, 1.807) is 12.1 Å². The maximum atomic E-state index is 12.4. The van der Waals surface area contributed by atoms with Crippen LogP contribution in [0.4, 0.5) is 0 Å². The monoisotopic (exact) mass is 342 g/mol. The molecule has 0 aromatic heterocycles. The minimum absolute atomic E-state index is 0.126. The Morgan fingerprint density at radius 2 is 2.00 bits per heavy atom. The molecule has 2 bridgehead atoms. The molecular formula is C22H30O3. The normalized spacial score (nSPS) is 34.3. The van der Waals surface area contributed by atoms with Gasteiger partial charge in [0.2, 0.25) is 0 Å². The topological polar surface area (TPSA) is 35.5 Å². The summed E-state index contributed by atoms with van der Waals surface area (Å²) < 4.78 is 12.1. The molecule has 1 aliphatic heterocycles. The van der Waals surface area contributed by atoms with Crippen molar-refractivity contribution in [3.63, 3.8) is 0 Å². The highest BCUT2D eigenvalue weighted by Gasteiger charge is 2.53. The van der Waals surface area contributed by atoms with Crippen molar-refractivity contribution in [3.8, 4) is 0 Å². The van der Waals surface area contributed by atoms with Gasteiger partial charge in [-0.05, 0) is 37.3 Å². The third-order valence-electron chi connectivity index (χ3n) is 6.41. The lowest BCUT2D eigenvalue weighted by molar-refractivity contribution is -0.165. The third kappa shape index (κ3) is 3.27. The molecule has 0 N–H and O–H groups in total. The van der Waals surface area contributed by atoms with Crippen LogP contribution in [-0.4, -0.2) is 25.3 Å². The van der Waals surface area contributed by atoms with Crippen LogP contribution in [0.5, 0.6) is 0 Å². The van der Waals surface area contributed by atoms with Crippen LogP contribution >= 0.6 is 0 Å². The Morgan fingerprint density at radius 1 is 1.28 bits per heavy atom. The zero-order chi connectivity index (χ0) is 18.0. The molecule has 136 valence electrons. The van der Waals surface area contributed by atoms with Gasteiger partial charge in [0.15, 0.2) is 0 Å². The lowest BCUT2D eigenvalue weighted by Gasteiger charge is -2.55. The van der Waals surface area contributed by atoms with Crippen molar-refractivity contribution >= 4 is 5.97 Å². The van der Waals surface area contributed by atoms with Crippen LogP contribution in [0.15, 0.2) is 42.0 Å². The standard InChI is InChI=1S/C22H30O3/c1-5-9-19-20-15(2)12-16(3)22(13-24-19,17(20)4)14-25-21(23)18-10-7-6-8-11-18/h6-8,10-12,16-17,19-20H,5,9,13-14H2,1-4H3/t16-,17-,19+,20-,22+/m0/s1.